The van der Waals surface area contributed by atoms with E-state index in [-0.39, 0.29) is 43.3 Å². The fraction of sp³-hybridized carbons (Fsp3) is 0.350. The van der Waals surface area contributed by atoms with Gasteiger partial charge in [0.15, 0.2) is 0 Å². The Labute approximate surface area is 158 Å². The Morgan fingerprint density at radius 1 is 1.11 bits per heavy atom. The van der Waals surface area contributed by atoms with Crippen LogP contribution in [-0.4, -0.2) is 30.4 Å². The van der Waals surface area contributed by atoms with Crippen LogP contribution in [0.15, 0.2) is 53.3 Å². The highest BCUT2D eigenvalue weighted by Gasteiger charge is 2.20. The van der Waals surface area contributed by atoms with Crippen LogP contribution < -0.4 is 10.6 Å². The van der Waals surface area contributed by atoms with Gasteiger partial charge in [-0.15, -0.1) is 0 Å². The summed E-state index contributed by atoms with van der Waals surface area (Å²) < 4.78 is 10.0. The minimum absolute atomic E-state index is 0.0370. The van der Waals surface area contributed by atoms with E-state index >= 15 is 0 Å². The average molecular weight is 372 g/mol. The van der Waals surface area contributed by atoms with Gasteiger partial charge in [-0.3, -0.25) is 14.4 Å². The molecule has 2 N–H and O–H groups in total. The third-order valence-corrected chi connectivity index (χ3v) is 3.70. The lowest BCUT2D eigenvalue weighted by Crippen LogP contribution is -2.34. The highest BCUT2D eigenvalue weighted by Crippen LogP contribution is 2.18. The Morgan fingerprint density at radius 2 is 1.85 bits per heavy atom. The van der Waals surface area contributed by atoms with Crippen LogP contribution in [0.3, 0.4) is 0 Å². The second-order valence-electron chi connectivity index (χ2n) is 6.29. The lowest BCUT2D eigenvalue weighted by molar-refractivity contribution is -0.148. The monoisotopic (exact) mass is 372 g/mol. The van der Waals surface area contributed by atoms with Gasteiger partial charge in [0.25, 0.3) is 5.91 Å². The number of carbonyl (C=O) groups excluding carboxylic acids is 3. The second kappa shape index (κ2) is 10.2. The maximum Gasteiger partial charge on any atom is 0.308 e. The zero-order valence-electron chi connectivity index (χ0n) is 15.4. The van der Waals surface area contributed by atoms with Crippen LogP contribution in [0.4, 0.5) is 0 Å². The number of esters is 1. The van der Waals surface area contributed by atoms with Crippen molar-refractivity contribution in [2.75, 3.05) is 6.54 Å². The van der Waals surface area contributed by atoms with Gasteiger partial charge in [-0.05, 0) is 25.5 Å². The highest BCUT2D eigenvalue weighted by molar-refractivity contribution is 5.94. The van der Waals surface area contributed by atoms with Gasteiger partial charge in [0.1, 0.15) is 6.26 Å². The third-order valence-electron chi connectivity index (χ3n) is 3.70. The van der Waals surface area contributed by atoms with Crippen LogP contribution in [0.25, 0.3) is 0 Å². The molecule has 0 spiro atoms. The molecule has 0 saturated carbocycles. The van der Waals surface area contributed by atoms with E-state index in [2.05, 4.69) is 10.6 Å². The molecule has 0 radical (unpaired) electrons. The SMILES string of the molecule is CC(C)OC(=O)CC(NC(=O)CCNC(=O)c1ccoc1)c1ccccc1. The van der Waals surface area contributed by atoms with Crippen molar-refractivity contribution in [2.24, 2.45) is 0 Å². The second-order valence-corrected chi connectivity index (χ2v) is 6.29. The summed E-state index contributed by atoms with van der Waals surface area (Å²) in [4.78, 5) is 36.1. The van der Waals surface area contributed by atoms with Crippen molar-refractivity contribution < 1.29 is 23.5 Å². The number of hydrogen-bond acceptors (Lipinski definition) is 5. The van der Waals surface area contributed by atoms with Gasteiger partial charge in [-0.25, -0.2) is 0 Å². The molecular weight excluding hydrogens is 348 g/mol. The van der Waals surface area contributed by atoms with Crippen LogP contribution in [0.2, 0.25) is 0 Å². The average Bonchev–Trinajstić information content (AvgIpc) is 3.16. The number of amides is 2. The molecule has 0 aliphatic rings. The van der Waals surface area contributed by atoms with Crippen molar-refractivity contribution in [1.82, 2.24) is 10.6 Å². The van der Waals surface area contributed by atoms with Gasteiger partial charge < -0.3 is 19.8 Å². The summed E-state index contributed by atoms with van der Waals surface area (Å²) in [6, 6.07) is 10.3. The number of ether oxygens (including phenoxy) is 1. The molecule has 2 amide bonds. The number of hydrogen-bond donors (Lipinski definition) is 2. The maximum absolute atomic E-state index is 12.3. The minimum Gasteiger partial charge on any atom is -0.472 e. The molecular formula is C20H24N2O5. The van der Waals surface area contributed by atoms with Crippen molar-refractivity contribution in [3.63, 3.8) is 0 Å². The zero-order valence-corrected chi connectivity index (χ0v) is 15.4. The van der Waals surface area contributed by atoms with Crippen LogP contribution in [-0.2, 0) is 14.3 Å². The predicted octanol–water partition coefficient (Wildman–Crippen LogP) is 2.60. The quantitative estimate of drug-likeness (QED) is 0.660. The van der Waals surface area contributed by atoms with Crippen molar-refractivity contribution in [1.29, 1.82) is 0 Å². The molecule has 0 saturated heterocycles. The standard InChI is InChI=1S/C20H24N2O5/c1-14(2)27-19(24)12-17(15-6-4-3-5-7-15)22-18(23)8-10-21-20(25)16-9-11-26-13-16/h3-7,9,11,13-14,17H,8,10,12H2,1-2H3,(H,21,25)(H,22,23). The highest BCUT2D eigenvalue weighted by atomic mass is 16.5. The molecule has 2 rings (SSSR count). The number of furan rings is 1. The van der Waals surface area contributed by atoms with Crippen LogP contribution in [0, 0.1) is 0 Å². The first-order chi connectivity index (χ1) is 13.0. The van der Waals surface area contributed by atoms with E-state index in [4.69, 9.17) is 9.15 Å². The molecule has 7 heteroatoms. The first-order valence-corrected chi connectivity index (χ1v) is 8.80. The lowest BCUT2D eigenvalue weighted by Gasteiger charge is -2.19. The molecule has 1 aromatic heterocycles. The molecule has 1 unspecified atom stereocenters. The van der Waals surface area contributed by atoms with Crippen molar-refractivity contribution in [3.8, 4) is 0 Å². The van der Waals surface area contributed by atoms with Crippen molar-refractivity contribution in [2.45, 2.75) is 38.8 Å². The molecule has 0 bridgehead atoms. The molecule has 1 heterocycles. The summed E-state index contributed by atoms with van der Waals surface area (Å²) in [6.45, 7) is 3.72. The summed E-state index contributed by atoms with van der Waals surface area (Å²) in [7, 11) is 0. The number of benzene rings is 1. The van der Waals surface area contributed by atoms with E-state index in [0.29, 0.717) is 5.56 Å². The molecule has 0 fully saturated rings. The van der Waals surface area contributed by atoms with Crippen molar-refractivity contribution >= 4 is 17.8 Å². The molecule has 0 aliphatic carbocycles. The molecule has 1 aromatic carbocycles. The predicted molar refractivity (Wildman–Crippen MR) is 98.8 cm³/mol. The Balaban J connectivity index is 1.88. The zero-order chi connectivity index (χ0) is 19.6. The van der Waals surface area contributed by atoms with Gasteiger partial charge in [0, 0.05) is 13.0 Å². The van der Waals surface area contributed by atoms with Crippen LogP contribution >= 0.6 is 0 Å². The number of nitrogens with one attached hydrogen (secondary N) is 2. The van der Waals surface area contributed by atoms with Crippen LogP contribution in [0.5, 0.6) is 0 Å². The number of carbonyl (C=O) groups is 3. The van der Waals surface area contributed by atoms with Crippen LogP contribution in [0.1, 0.15) is 48.7 Å². The molecule has 27 heavy (non-hydrogen) atoms. The van der Waals surface area contributed by atoms with Crippen molar-refractivity contribution in [3.05, 3.63) is 60.1 Å². The largest absolute Gasteiger partial charge is 0.472 e. The molecule has 1 atom stereocenters. The minimum atomic E-state index is -0.491. The van der Waals surface area contributed by atoms with Gasteiger partial charge >= 0.3 is 5.97 Å². The maximum atomic E-state index is 12.3. The van der Waals surface area contributed by atoms with Gasteiger partial charge in [-0.1, -0.05) is 30.3 Å². The topological polar surface area (TPSA) is 97.6 Å². The van der Waals surface area contributed by atoms with E-state index in [9.17, 15) is 14.4 Å². The summed E-state index contributed by atoms with van der Waals surface area (Å²) in [5.74, 6) is -0.960. The summed E-state index contributed by atoms with van der Waals surface area (Å²) >= 11 is 0. The van der Waals surface area contributed by atoms with E-state index in [1.54, 1.807) is 19.9 Å². The summed E-state index contributed by atoms with van der Waals surface area (Å²) in [5, 5.41) is 5.48. The molecule has 2 aromatic rings. The first kappa shape index (κ1) is 20.2. The third kappa shape index (κ3) is 6.97. The molecule has 144 valence electrons. The Hall–Kier alpha value is -3.09. The lowest BCUT2D eigenvalue weighted by atomic mass is 10.0. The van der Waals surface area contributed by atoms with Gasteiger partial charge in [-0.2, -0.15) is 0 Å². The Bertz CT molecular complexity index is 741. The molecule has 0 aliphatic heterocycles. The Kier molecular flexibility index (Phi) is 7.61. The van der Waals surface area contributed by atoms with Gasteiger partial charge in [0.05, 0.1) is 30.4 Å². The summed E-state index contributed by atoms with van der Waals surface area (Å²) in [5.41, 5.74) is 1.21. The smallest absolute Gasteiger partial charge is 0.308 e. The summed E-state index contributed by atoms with van der Waals surface area (Å²) in [6.07, 6.45) is 2.65. The normalized spacial score (nSPS) is 11.7. The van der Waals surface area contributed by atoms with E-state index in [1.165, 1.54) is 12.5 Å². The first-order valence-electron chi connectivity index (χ1n) is 8.80. The number of rotatable bonds is 9. The van der Waals surface area contributed by atoms with Gasteiger partial charge in [0.2, 0.25) is 5.91 Å². The Morgan fingerprint density at radius 3 is 2.48 bits per heavy atom. The van der Waals surface area contributed by atoms with E-state index in [0.717, 1.165) is 5.56 Å². The fourth-order valence-electron chi connectivity index (χ4n) is 2.47. The van der Waals surface area contributed by atoms with E-state index < -0.39 is 6.04 Å². The fourth-order valence-corrected chi connectivity index (χ4v) is 2.47. The van der Waals surface area contributed by atoms with E-state index in [1.807, 2.05) is 30.3 Å². The molecule has 7 nitrogen and oxygen atoms in total.